The third kappa shape index (κ3) is 3.69. The van der Waals surface area contributed by atoms with Gasteiger partial charge in [0, 0.05) is 6.54 Å². The maximum Gasteiger partial charge on any atom is 0.414 e. The number of amides is 1. The molecule has 1 aromatic heterocycles. The summed E-state index contributed by atoms with van der Waals surface area (Å²) in [6.45, 7) is 3.04. The molecule has 0 spiro atoms. The van der Waals surface area contributed by atoms with Crippen LogP contribution in [0.4, 0.5) is 10.7 Å². The van der Waals surface area contributed by atoms with E-state index in [0.717, 1.165) is 16.6 Å². The Kier molecular flexibility index (Phi) is 4.01. The molecule has 0 unspecified atom stereocenters. The number of rotatable bonds is 4. The van der Waals surface area contributed by atoms with Crippen LogP contribution in [0.1, 0.15) is 5.56 Å². The monoisotopic (exact) mass is 262 g/mol. The number of likely N-dealkylation sites (N-methyl/N-ethyl adjacent to an activating group) is 1. The Labute approximate surface area is 111 Å². The lowest BCUT2D eigenvalue weighted by Gasteiger charge is -2.09. The highest BCUT2D eigenvalue weighted by Crippen LogP contribution is 2.15. The largest absolute Gasteiger partial charge is 0.448 e. The number of H-pyrrole nitrogens is 1. The van der Waals surface area contributed by atoms with Crippen LogP contribution in [-0.2, 0) is 4.74 Å². The van der Waals surface area contributed by atoms with Gasteiger partial charge in [-0.3, -0.25) is 5.32 Å². The molecule has 2 aromatic rings. The summed E-state index contributed by atoms with van der Waals surface area (Å²) in [5.41, 5.74) is 2.84. The number of hydrogen-bond acceptors (Lipinski definition) is 4. The fourth-order valence-corrected chi connectivity index (χ4v) is 1.64. The van der Waals surface area contributed by atoms with Crippen molar-refractivity contribution in [1.29, 1.82) is 0 Å². The van der Waals surface area contributed by atoms with E-state index in [-0.39, 0.29) is 0 Å². The first-order valence-corrected chi connectivity index (χ1v) is 6.09. The summed E-state index contributed by atoms with van der Waals surface area (Å²) in [5.74, 6) is 0.399. The number of nitrogens with zero attached hydrogens (tertiary/aromatic N) is 2. The topological polar surface area (TPSA) is 70.2 Å². The van der Waals surface area contributed by atoms with Gasteiger partial charge in [0.05, 0.1) is 11.0 Å². The second-order valence-electron chi connectivity index (χ2n) is 4.67. The molecular formula is C13H18N4O2. The maximum atomic E-state index is 11.5. The number of benzene rings is 1. The molecular weight excluding hydrogens is 244 g/mol. The highest BCUT2D eigenvalue weighted by molar-refractivity contribution is 5.86. The maximum absolute atomic E-state index is 11.5. The van der Waals surface area contributed by atoms with E-state index in [0.29, 0.717) is 19.1 Å². The van der Waals surface area contributed by atoms with Gasteiger partial charge in [-0.2, -0.15) is 0 Å². The number of aromatic nitrogens is 2. The van der Waals surface area contributed by atoms with Crippen molar-refractivity contribution < 1.29 is 9.53 Å². The van der Waals surface area contributed by atoms with Crippen LogP contribution in [0.2, 0.25) is 0 Å². The van der Waals surface area contributed by atoms with Crippen LogP contribution >= 0.6 is 0 Å². The van der Waals surface area contributed by atoms with Gasteiger partial charge in [-0.1, -0.05) is 6.07 Å². The molecule has 0 fully saturated rings. The number of aryl methyl sites for hydroxylation is 1. The third-order valence-corrected chi connectivity index (χ3v) is 2.63. The van der Waals surface area contributed by atoms with Crippen LogP contribution in [0.25, 0.3) is 11.0 Å². The number of imidazole rings is 1. The Hall–Kier alpha value is -2.08. The Morgan fingerprint density at radius 2 is 2.26 bits per heavy atom. The van der Waals surface area contributed by atoms with Crippen molar-refractivity contribution in [2.75, 3.05) is 32.6 Å². The number of nitrogens with one attached hydrogen (secondary N) is 2. The van der Waals surface area contributed by atoms with Gasteiger partial charge in [0.25, 0.3) is 0 Å². The minimum Gasteiger partial charge on any atom is -0.448 e. The van der Waals surface area contributed by atoms with Gasteiger partial charge in [0.15, 0.2) is 0 Å². The Morgan fingerprint density at radius 3 is 3.00 bits per heavy atom. The molecule has 0 aliphatic carbocycles. The molecule has 0 aliphatic heterocycles. The molecule has 0 radical (unpaired) electrons. The highest BCUT2D eigenvalue weighted by Gasteiger charge is 2.07. The zero-order valence-corrected chi connectivity index (χ0v) is 11.4. The number of aromatic amines is 1. The lowest BCUT2D eigenvalue weighted by molar-refractivity contribution is 0.151. The number of fused-ring (bicyclic) bond motifs is 1. The molecule has 19 heavy (non-hydrogen) atoms. The number of hydrogen-bond donors (Lipinski definition) is 2. The van der Waals surface area contributed by atoms with Gasteiger partial charge >= 0.3 is 6.09 Å². The first-order chi connectivity index (χ1) is 9.04. The fourth-order valence-electron chi connectivity index (χ4n) is 1.64. The lowest BCUT2D eigenvalue weighted by Crippen LogP contribution is -2.22. The minimum atomic E-state index is -0.502. The number of carbonyl (C=O) groups excluding carboxylic acids is 1. The van der Waals surface area contributed by atoms with Crippen LogP contribution in [0.15, 0.2) is 18.2 Å². The van der Waals surface area contributed by atoms with Gasteiger partial charge in [-0.15, -0.1) is 0 Å². The molecule has 1 heterocycles. The molecule has 102 valence electrons. The van der Waals surface area contributed by atoms with Gasteiger partial charge < -0.3 is 14.6 Å². The van der Waals surface area contributed by atoms with E-state index in [1.165, 1.54) is 0 Å². The SMILES string of the molecule is Cc1ccc2nc(NC(=O)OCCN(C)C)[nH]c2c1. The number of carbonyl (C=O) groups is 1. The van der Waals surface area contributed by atoms with E-state index in [9.17, 15) is 4.79 Å². The van der Waals surface area contributed by atoms with Crippen LogP contribution in [-0.4, -0.2) is 48.2 Å². The summed E-state index contributed by atoms with van der Waals surface area (Å²) in [4.78, 5) is 20.8. The smallest absolute Gasteiger partial charge is 0.414 e. The molecule has 2 rings (SSSR count). The van der Waals surface area contributed by atoms with Crippen molar-refractivity contribution in [1.82, 2.24) is 14.9 Å². The van der Waals surface area contributed by atoms with E-state index >= 15 is 0 Å². The standard InChI is InChI=1S/C13H18N4O2/c1-9-4-5-10-11(8-9)15-12(14-10)16-13(18)19-7-6-17(2)3/h4-5,8H,6-7H2,1-3H3,(H2,14,15,16,18). The van der Waals surface area contributed by atoms with Crippen molar-refractivity contribution in [3.8, 4) is 0 Å². The second kappa shape index (κ2) is 5.71. The predicted octanol–water partition coefficient (Wildman–Crippen LogP) is 1.98. The van der Waals surface area contributed by atoms with E-state index in [1.54, 1.807) is 0 Å². The summed E-state index contributed by atoms with van der Waals surface area (Å²) in [5, 5.41) is 2.58. The number of ether oxygens (including phenoxy) is 1. The molecule has 0 aliphatic rings. The van der Waals surface area contributed by atoms with Gasteiger partial charge in [0.2, 0.25) is 5.95 Å². The van der Waals surface area contributed by atoms with Crippen LogP contribution < -0.4 is 5.32 Å². The lowest BCUT2D eigenvalue weighted by atomic mass is 10.2. The van der Waals surface area contributed by atoms with E-state index in [4.69, 9.17) is 4.74 Å². The van der Waals surface area contributed by atoms with Gasteiger partial charge in [-0.25, -0.2) is 9.78 Å². The van der Waals surface area contributed by atoms with Crippen molar-refractivity contribution in [3.63, 3.8) is 0 Å². The summed E-state index contributed by atoms with van der Waals surface area (Å²) >= 11 is 0. The van der Waals surface area contributed by atoms with Crippen molar-refractivity contribution >= 4 is 23.1 Å². The first kappa shape index (κ1) is 13.4. The van der Waals surface area contributed by atoms with Gasteiger partial charge in [-0.05, 0) is 38.7 Å². The van der Waals surface area contributed by atoms with Crippen LogP contribution in [0, 0.1) is 6.92 Å². The summed E-state index contributed by atoms with van der Waals surface area (Å²) in [6.07, 6.45) is -0.502. The molecule has 1 aromatic carbocycles. The zero-order chi connectivity index (χ0) is 13.8. The van der Waals surface area contributed by atoms with Crippen molar-refractivity contribution in [2.45, 2.75) is 6.92 Å². The molecule has 6 nitrogen and oxygen atoms in total. The summed E-state index contributed by atoms with van der Waals surface area (Å²) in [6, 6.07) is 5.86. The first-order valence-electron chi connectivity index (χ1n) is 6.09. The molecule has 0 saturated carbocycles. The van der Waals surface area contributed by atoms with E-state index in [2.05, 4.69) is 15.3 Å². The number of anilines is 1. The van der Waals surface area contributed by atoms with E-state index < -0.39 is 6.09 Å². The Balaban J connectivity index is 1.95. The Bertz CT molecular complexity index is 577. The third-order valence-electron chi connectivity index (χ3n) is 2.63. The van der Waals surface area contributed by atoms with Crippen molar-refractivity contribution in [2.24, 2.45) is 0 Å². The molecule has 2 N–H and O–H groups in total. The highest BCUT2D eigenvalue weighted by atomic mass is 16.5. The molecule has 0 atom stereocenters. The molecule has 0 bridgehead atoms. The van der Waals surface area contributed by atoms with Crippen molar-refractivity contribution in [3.05, 3.63) is 23.8 Å². The molecule has 0 saturated heterocycles. The zero-order valence-electron chi connectivity index (χ0n) is 11.4. The minimum absolute atomic E-state index is 0.345. The second-order valence-corrected chi connectivity index (χ2v) is 4.67. The van der Waals surface area contributed by atoms with E-state index in [1.807, 2.05) is 44.1 Å². The molecule has 1 amide bonds. The Morgan fingerprint density at radius 1 is 1.47 bits per heavy atom. The summed E-state index contributed by atoms with van der Waals surface area (Å²) < 4.78 is 5.02. The summed E-state index contributed by atoms with van der Waals surface area (Å²) in [7, 11) is 3.84. The average Bonchev–Trinajstić information content (AvgIpc) is 2.69. The molecule has 6 heteroatoms. The quantitative estimate of drug-likeness (QED) is 0.884. The van der Waals surface area contributed by atoms with Gasteiger partial charge in [0.1, 0.15) is 6.61 Å². The van der Waals surface area contributed by atoms with Crippen LogP contribution in [0.5, 0.6) is 0 Å². The predicted molar refractivity (Wildman–Crippen MR) is 74.4 cm³/mol. The fraction of sp³-hybridized carbons (Fsp3) is 0.385. The van der Waals surface area contributed by atoms with Crippen LogP contribution in [0.3, 0.4) is 0 Å². The normalized spacial score (nSPS) is 10.9. The average molecular weight is 262 g/mol.